The van der Waals surface area contributed by atoms with Gasteiger partial charge in [0.1, 0.15) is 10.5 Å². The summed E-state index contributed by atoms with van der Waals surface area (Å²) in [7, 11) is -3.02. The Morgan fingerprint density at radius 2 is 2.14 bits per heavy atom. The minimum atomic E-state index is -3.02. The zero-order chi connectivity index (χ0) is 16.0. The highest BCUT2D eigenvalue weighted by atomic mass is 32.2. The first-order chi connectivity index (χ1) is 10.4. The molecule has 2 aliphatic heterocycles. The van der Waals surface area contributed by atoms with E-state index in [1.807, 2.05) is 20.8 Å². The van der Waals surface area contributed by atoms with Gasteiger partial charge >= 0.3 is 0 Å². The molecule has 2 fully saturated rings. The van der Waals surface area contributed by atoms with Crippen molar-refractivity contribution in [1.29, 1.82) is 0 Å². The number of aryl methyl sites for hydroxylation is 2. The number of likely N-dealkylation sites (tertiary alicyclic amines) is 1. The van der Waals surface area contributed by atoms with Gasteiger partial charge in [0, 0.05) is 37.7 Å². The zero-order valence-electron chi connectivity index (χ0n) is 13.5. The van der Waals surface area contributed by atoms with Gasteiger partial charge in [-0.1, -0.05) is 5.16 Å². The molecule has 1 spiro atoms. The summed E-state index contributed by atoms with van der Waals surface area (Å²) < 4.78 is 35.1. The molecule has 0 amide bonds. The van der Waals surface area contributed by atoms with Gasteiger partial charge in [-0.2, -0.15) is 0 Å². The molecular weight excluding hydrogens is 304 g/mol. The maximum absolute atomic E-state index is 12.5. The molecule has 22 heavy (non-hydrogen) atoms. The van der Waals surface area contributed by atoms with Gasteiger partial charge in [0.2, 0.25) is 0 Å². The van der Waals surface area contributed by atoms with Crippen LogP contribution in [0.25, 0.3) is 0 Å². The predicted octanol–water partition coefficient (Wildman–Crippen LogP) is 1.32. The van der Waals surface area contributed by atoms with Crippen molar-refractivity contribution in [2.24, 2.45) is 5.92 Å². The second kappa shape index (κ2) is 5.62. The molecular formula is C15H24N2O4S. The number of hydrogen-bond donors (Lipinski definition) is 0. The summed E-state index contributed by atoms with van der Waals surface area (Å²) in [5, 5.41) is 3.96. The second-order valence-corrected chi connectivity index (χ2v) is 8.93. The van der Waals surface area contributed by atoms with E-state index in [1.165, 1.54) is 0 Å². The molecule has 3 heterocycles. The van der Waals surface area contributed by atoms with Crippen molar-refractivity contribution in [1.82, 2.24) is 10.1 Å². The van der Waals surface area contributed by atoms with E-state index < -0.39 is 14.6 Å². The minimum absolute atomic E-state index is 0.123. The predicted molar refractivity (Wildman–Crippen MR) is 82.4 cm³/mol. The van der Waals surface area contributed by atoms with Crippen molar-refractivity contribution in [2.45, 2.75) is 38.5 Å². The molecule has 1 aromatic heterocycles. The van der Waals surface area contributed by atoms with Crippen LogP contribution in [-0.2, 0) is 21.1 Å². The highest BCUT2D eigenvalue weighted by molar-refractivity contribution is 7.93. The molecule has 0 bridgehead atoms. The molecule has 0 N–H and O–H groups in total. The fourth-order valence-corrected chi connectivity index (χ4v) is 6.20. The highest BCUT2D eigenvalue weighted by Crippen LogP contribution is 2.45. The van der Waals surface area contributed by atoms with E-state index in [0.29, 0.717) is 38.6 Å². The second-order valence-electron chi connectivity index (χ2n) is 6.48. The highest BCUT2D eigenvalue weighted by Gasteiger charge is 2.61. The molecule has 1 aromatic rings. The monoisotopic (exact) mass is 328 g/mol. The number of nitrogens with zero attached hydrogens (tertiary/aromatic N) is 2. The number of aromatic nitrogens is 1. The minimum Gasteiger partial charge on any atom is -0.381 e. The van der Waals surface area contributed by atoms with Gasteiger partial charge in [0.15, 0.2) is 9.84 Å². The lowest BCUT2D eigenvalue weighted by Crippen LogP contribution is -2.67. The lowest BCUT2D eigenvalue weighted by Gasteiger charge is -2.50. The molecule has 0 saturated carbocycles. The zero-order valence-corrected chi connectivity index (χ0v) is 14.3. The molecule has 6 nitrogen and oxygen atoms in total. The smallest absolute Gasteiger partial charge is 0.158 e. The third kappa shape index (κ3) is 2.39. The first kappa shape index (κ1) is 16.0. The maximum atomic E-state index is 12.5. The van der Waals surface area contributed by atoms with Crippen molar-refractivity contribution >= 4 is 9.84 Å². The Morgan fingerprint density at radius 3 is 2.73 bits per heavy atom. The van der Waals surface area contributed by atoms with Gasteiger partial charge in [0.25, 0.3) is 0 Å². The van der Waals surface area contributed by atoms with Crippen LogP contribution in [0.2, 0.25) is 0 Å². The van der Waals surface area contributed by atoms with Crippen LogP contribution in [0.15, 0.2) is 4.52 Å². The summed E-state index contributed by atoms with van der Waals surface area (Å²) in [4.78, 5) is 2.17. The van der Waals surface area contributed by atoms with Crippen molar-refractivity contribution in [3.05, 3.63) is 17.0 Å². The molecule has 0 aromatic carbocycles. The summed E-state index contributed by atoms with van der Waals surface area (Å²) in [6.07, 6.45) is 0.724. The van der Waals surface area contributed by atoms with Crippen LogP contribution < -0.4 is 0 Å². The van der Waals surface area contributed by atoms with Gasteiger partial charge in [-0.05, 0) is 27.2 Å². The van der Waals surface area contributed by atoms with Crippen molar-refractivity contribution in [3.63, 3.8) is 0 Å². The quantitative estimate of drug-likeness (QED) is 0.812. The van der Waals surface area contributed by atoms with Gasteiger partial charge in [-0.3, -0.25) is 4.90 Å². The number of rotatable bonds is 5. The lowest BCUT2D eigenvalue weighted by molar-refractivity contribution is 0.0289. The summed E-state index contributed by atoms with van der Waals surface area (Å²) in [5.41, 5.74) is 1.96. The Morgan fingerprint density at radius 1 is 1.41 bits per heavy atom. The summed E-state index contributed by atoms with van der Waals surface area (Å²) in [5.74, 6) is 1.24. The standard InChI is InChI=1S/C15H24N2O4S/c1-4-20-8-13-5-6-22(18,19)15(13)9-17(10-15)7-14-11(2)16-21-12(14)3/h13H,4-10H2,1-3H3/t13-/m0/s1. The molecule has 1 atom stereocenters. The van der Waals surface area contributed by atoms with Crippen molar-refractivity contribution in [3.8, 4) is 0 Å². The molecule has 2 aliphatic rings. The van der Waals surface area contributed by atoms with Gasteiger partial charge in [0.05, 0.1) is 18.1 Å². The van der Waals surface area contributed by atoms with E-state index in [2.05, 4.69) is 10.1 Å². The summed E-state index contributed by atoms with van der Waals surface area (Å²) in [6, 6.07) is 0. The summed E-state index contributed by atoms with van der Waals surface area (Å²) >= 11 is 0. The third-order valence-corrected chi connectivity index (χ3v) is 7.77. The van der Waals surface area contributed by atoms with E-state index in [-0.39, 0.29) is 5.92 Å². The lowest BCUT2D eigenvalue weighted by atomic mass is 9.83. The molecule has 2 saturated heterocycles. The molecule has 0 aliphatic carbocycles. The Balaban J connectivity index is 1.71. The Labute approximate surface area is 131 Å². The van der Waals surface area contributed by atoms with Crippen LogP contribution in [0, 0.1) is 19.8 Å². The average Bonchev–Trinajstić information content (AvgIpc) is 2.87. The number of sulfone groups is 1. The Hall–Kier alpha value is -0.920. The summed E-state index contributed by atoms with van der Waals surface area (Å²) in [6.45, 7) is 8.85. The molecule has 0 unspecified atom stereocenters. The fraction of sp³-hybridized carbons (Fsp3) is 0.800. The largest absolute Gasteiger partial charge is 0.381 e. The SMILES string of the molecule is CCOC[C@@H]1CCS(=O)(=O)C12CN(Cc1c(C)noc1C)C2. The normalized spacial score (nSPS) is 26.4. The first-order valence-electron chi connectivity index (χ1n) is 7.84. The van der Waals surface area contributed by atoms with Crippen LogP contribution in [0.5, 0.6) is 0 Å². The first-order valence-corrected chi connectivity index (χ1v) is 9.49. The Kier molecular flexibility index (Phi) is 4.07. The third-order valence-electron chi connectivity index (χ3n) is 5.17. The van der Waals surface area contributed by atoms with Crippen molar-refractivity contribution < 1.29 is 17.7 Å². The van der Waals surface area contributed by atoms with Crippen molar-refractivity contribution in [2.75, 3.05) is 32.1 Å². The van der Waals surface area contributed by atoms with Gasteiger partial charge in [-0.15, -0.1) is 0 Å². The van der Waals surface area contributed by atoms with Gasteiger partial charge in [-0.25, -0.2) is 8.42 Å². The number of ether oxygens (including phenoxy) is 1. The topological polar surface area (TPSA) is 72.6 Å². The molecule has 124 valence electrons. The van der Waals surface area contributed by atoms with Gasteiger partial charge < -0.3 is 9.26 Å². The fourth-order valence-electron chi connectivity index (χ4n) is 3.74. The molecule has 3 rings (SSSR count). The Bertz CT molecular complexity index is 627. The van der Waals surface area contributed by atoms with E-state index in [0.717, 1.165) is 23.4 Å². The molecule has 0 radical (unpaired) electrons. The molecule has 7 heteroatoms. The van der Waals surface area contributed by atoms with E-state index >= 15 is 0 Å². The van der Waals surface area contributed by atoms with E-state index in [1.54, 1.807) is 0 Å². The van der Waals surface area contributed by atoms with Crippen LogP contribution in [-0.4, -0.2) is 55.3 Å². The maximum Gasteiger partial charge on any atom is 0.158 e. The van der Waals surface area contributed by atoms with E-state index in [9.17, 15) is 8.42 Å². The van der Waals surface area contributed by atoms with Crippen LogP contribution >= 0.6 is 0 Å². The van der Waals surface area contributed by atoms with Crippen LogP contribution in [0.4, 0.5) is 0 Å². The van der Waals surface area contributed by atoms with Crippen LogP contribution in [0.1, 0.15) is 30.4 Å². The van der Waals surface area contributed by atoms with E-state index in [4.69, 9.17) is 9.26 Å². The number of hydrogen-bond acceptors (Lipinski definition) is 6. The van der Waals surface area contributed by atoms with Crippen LogP contribution in [0.3, 0.4) is 0 Å². The average molecular weight is 328 g/mol.